The lowest BCUT2D eigenvalue weighted by Gasteiger charge is -2.25. The maximum Gasteiger partial charge on any atom is 0.262 e. The first-order valence-corrected chi connectivity index (χ1v) is 9.76. The molecule has 2 aromatic carbocycles. The Balaban J connectivity index is 1.86. The molecule has 2 amide bonds. The molecule has 0 aliphatic carbocycles. The number of hydrazone groups is 1. The molecule has 0 saturated carbocycles. The highest BCUT2D eigenvalue weighted by Crippen LogP contribution is 2.33. The van der Waals surface area contributed by atoms with Crippen LogP contribution in [0.4, 0.5) is 0 Å². The Labute approximate surface area is 176 Å². The summed E-state index contributed by atoms with van der Waals surface area (Å²) in [6.45, 7) is 1.90. The van der Waals surface area contributed by atoms with E-state index in [0.29, 0.717) is 6.42 Å². The summed E-state index contributed by atoms with van der Waals surface area (Å²) in [7, 11) is 4.66. The number of likely N-dealkylation sites (N-methyl/N-ethyl adjacent to an activating group) is 1. The molecule has 1 atom stereocenters. The summed E-state index contributed by atoms with van der Waals surface area (Å²) in [5.74, 6) is 0.269. The Morgan fingerprint density at radius 1 is 1.10 bits per heavy atom. The van der Waals surface area contributed by atoms with Crippen LogP contribution in [0.2, 0.25) is 0 Å². The molecule has 0 bridgehead atoms. The van der Waals surface area contributed by atoms with Gasteiger partial charge in [-0.15, -0.1) is 0 Å². The maximum atomic E-state index is 13.1. The van der Waals surface area contributed by atoms with Gasteiger partial charge in [0.05, 0.1) is 18.9 Å². The Bertz CT molecular complexity index is 922. The molecule has 0 N–H and O–H groups in total. The van der Waals surface area contributed by atoms with Gasteiger partial charge < -0.3 is 14.4 Å². The molecule has 0 unspecified atom stereocenters. The summed E-state index contributed by atoms with van der Waals surface area (Å²) in [6.07, 6.45) is 0.594. The Morgan fingerprint density at radius 2 is 1.77 bits per heavy atom. The van der Waals surface area contributed by atoms with Gasteiger partial charge in [0.15, 0.2) is 0 Å². The first kappa shape index (κ1) is 21.5. The van der Waals surface area contributed by atoms with Gasteiger partial charge in [0.1, 0.15) is 18.9 Å². The minimum atomic E-state index is -0.253. The van der Waals surface area contributed by atoms with Gasteiger partial charge in [0, 0.05) is 20.6 Å². The minimum Gasteiger partial charge on any atom is -0.497 e. The summed E-state index contributed by atoms with van der Waals surface area (Å²) in [4.78, 5) is 26.4. The second kappa shape index (κ2) is 9.54. The molecule has 0 fully saturated rings. The topological polar surface area (TPSA) is 71.4 Å². The third kappa shape index (κ3) is 4.86. The highest BCUT2D eigenvalue weighted by atomic mass is 16.5. The summed E-state index contributed by atoms with van der Waals surface area (Å²) < 4.78 is 10.1. The van der Waals surface area contributed by atoms with E-state index in [-0.39, 0.29) is 31.0 Å². The van der Waals surface area contributed by atoms with Crippen LogP contribution in [0.3, 0.4) is 0 Å². The quantitative estimate of drug-likeness (QED) is 0.705. The van der Waals surface area contributed by atoms with Crippen molar-refractivity contribution in [3.05, 3.63) is 65.2 Å². The predicted octanol–water partition coefficient (Wildman–Crippen LogP) is 2.79. The summed E-state index contributed by atoms with van der Waals surface area (Å²) >= 11 is 0. The number of aryl methyl sites for hydroxylation is 1. The van der Waals surface area contributed by atoms with E-state index in [1.54, 1.807) is 14.2 Å². The first-order valence-electron chi connectivity index (χ1n) is 9.76. The van der Waals surface area contributed by atoms with E-state index in [4.69, 9.17) is 9.47 Å². The van der Waals surface area contributed by atoms with E-state index in [2.05, 4.69) is 5.10 Å². The number of carbonyl (C=O) groups is 2. The van der Waals surface area contributed by atoms with E-state index >= 15 is 0 Å². The maximum absolute atomic E-state index is 13.1. The van der Waals surface area contributed by atoms with Crippen molar-refractivity contribution < 1.29 is 19.1 Å². The minimum absolute atomic E-state index is 0.0640. The Kier molecular flexibility index (Phi) is 6.84. The van der Waals surface area contributed by atoms with Crippen LogP contribution < -0.4 is 4.74 Å². The summed E-state index contributed by atoms with van der Waals surface area (Å²) in [6, 6.07) is 15.5. The zero-order valence-electron chi connectivity index (χ0n) is 17.8. The summed E-state index contributed by atoms with van der Waals surface area (Å²) in [5.41, 5.74) is 3.91. The van der Waals surface area contributed by atoms with Gasteiger partial charge >= 0.3 is 0 Å². The van der Waals surface area contributed by atoms with Gasteiger partial charge in [-0.25, -0.2) is 5.01 Å². The fourth-order valence-electron chi connectivity index (χ4n) is 3.34. The molecule has 1 aliphatic rings. The second-order valence-electron chi connectivity index (χ2n) is 7.33. The summed E-state index contributed by atoms with van der Waals surface area (Å²) in [5, 5.41) is 6.14. The number of rotatable bonds is 7. The number of ether oxygens (including phenoxy) is 2. The molecule has 0 aromatic heterocycles. The number of carbonyl (C=O) groups excluding carboxylic acids is 2. The fourth-order valence-corrected chi connectivity index (χ4v) is 3.34. The normalized spacial score (nSPS) is 15.7. The number of hydrogen-bond acceptors (Lipinski definition) is 5. The SMILES string of the molecule is COCC(=O)N(C)CC(=O)N1N=C(c2ccc(OC)cc2)C[C@@H]1c1ccc(C)cc1. The second-order valence-corrected chi connectivity index (χ2v) is 7.33. The first-order chi connectivity index (χ1) is 14.4. The highest BCUT2D eigenvalue weighted by Gasteiger charge is 2.33. The van der Waals surface area contributed by atoms with E-state index in [1.165, 1.54) is 17.0 Å². The molecule has 7 heteroatoms. The fraction of sp³-hybridized carbons (Fsp3) is 0.348. The van der Waals surface area contributed by atoms with Crippen LogP contribution in [0, 0.1) is 6.92 Å². The molecule has 7 nitrogen and oxygen atoms in total. The van der Waals surface area contributed by atoms with Crippen LogP contribution in [0.5, 0.6) is 5.75 Å². The lowest BCUT2D eigenvalue weighted by molar-refractivity contribution is -0.142. The van der Waals surface area contributed by atoms with Crippen LogP contribution in [-0.2, 0) is 14.3 Å². The van der Waals surface area contributed by atoms with Crippen LogP contribution in [-0.4, -0.2) is 61.9 Å². The molecule has 0 radical (unpaired) electrons. The largest absolute Gasteiger partial charge is 0.497 e. The van der Waals surface area contributed by atoms with Crippen molar-refractivity contribution in [2.24, 2.45) is 5.10 Å². The number of methoxy groups -OCH3 is 2. The number of hydrogen-bond donors (Lipinski definition) is 0. The number of benzene rings is 2. The molecule has 0 saturated heterocycles. The average Bonchev–Trinajstić information content (AvgIpc) is 3.20. The molecule has 0 spiro atoms. The zero-order valence-corrected chi connectivity index (χ0v) is 17.8. The molecule has 30 heavy (non-hydrogen) atoms. The van der Waals surface area contributed by atoms with Gasteiger partial charge in [0.25, 0.3) is 5.91 Å². The molecule has 158 valence electrons. The van der Waals surface area contributed by atoms with Gasteiger partial charge in [-0.3, -0.25) is 9.59 Å². The van der Waals surface area contributed by atoms with Gasteiger partial charge in [0.2, 0.25) is 5.91 Å². The monoisotopic (exact) mass is 409 g/mol. The lowest BCUT2D eigenvalue weighted by Crippen LogP contribution is -2.40. The van der Waals surface area contributed by atoms with Crippen molar-refractivity contribution in [1.29, 1.82) is 0 Å². The van der Waals surface area contributed by atoms with Crippen molar-refractivity contribution in [3.63, 3.8) is 0 Å². The Morgan fingerprint density at radius 3 is 2.37 bits per heavy atom. The van der Waals surface area contributed by atoms with Crippen LogP contribution in [0.1, 0.15) is 29.2 Å². The molecule has 3 rings (SSSR count). The van der Waals surface area contributed by atoms with Crippen LogP contribution in [0.15, 0.2) is 53.6 Å². The van der Waals surface area contributed by atoms with Gasteiger partial charge in [-0.2, -0.15) is 5.10 Å². The predicted molar refractivity (Wildman–Crippen MR) is 114 cm³/mol. The zero-order chi connectivity index (χ0) is 21.7. The third-order valence-electron chi connectivity index (χ3n) is 5.12. The molecule has 1 heterocycles. The van der Waals surface area contributed by atoms with Crippen molar-refractivity contribution in [2.45, 2.75) is 19.4 Å². The van der Waals surface area contributed by atoms with E-state index in [1.807, 2.05) is 55.5 Å². The molecular weight excluding hydrogens is 382 g/mol. The average molecular weight is 409 g/mol. The number of nitrogens with zero attached hydrogens (tertiary/aromatic N) is 3. The molecular formula is C23H27N3O4. The smallest absolute Gasteiger partial charge is 0.262 e. The highest BCUT2D eigenvalue weighted by molar-refractivity contribution is 6.03. The molecule has 1 aliphatic heterocycles. The number of amides is 2. The van der Waals surface area contributed by atoms with E-state index in [9.17, 15) is 9.59 Å². The Hall–Kier alpha value is -3.19. The lowest BCUT2D eigenvalue weighted by atomic mass is 9.97. The van der Waals surface area contributed by atoms with Crippen LogP contribution in [0.25, 0.3) is 0 Å². The third-order valence-corrected chi connectivity index (χ3v) is 5.12. The standard InChI is InChI=1S/C23H27N3O4/c1-16-5-7-18(8-6-16)21-13-20(17-9-11-19(30-4)12-10-17)24-26(21)22(27)14-25(2)23(28)15-29-3/h5-12,21H,13-15H2,1-4H3/t21-/m1/s1. The van der Waals surface area contributed by atoms with E-state index in [0.717, 1.165) is 28.2 Å². The van der Waals surface area contributed by atoms with Crippen molar-refractivity contribution in [2.75, 3.05) is 34.4 Å². The van der Waals surface area contributed by atoms with Crippen molar-refractivity contribution >= 4 is 17.5 Å². The molecule has 2 aromatic rings. The van der Waals surface area contributed by atoms with E-state index < -0.39 is 0 Å². The van der Waals surface area contributed by atoms with Gasteiger partial charge in [-0.1, -0.05) is 29.8 Å². The van der Waals surface area contributed by atoms with Crippen molar-refractivity contribution in [1.82, 2.24) is 9.91 Å². The van der Waals surface area contributed by atoms with Crippen molar-refractivity contribution in [3.8, 4) is 5.75 Å². The van der Waals surface area contributed by atoms with Gasteiger partial charge in [-0.05, 0) is 42.3 Å². The van der Waals surface area contributed by atoms with Crippen LogP contribution >= 0.6 is 0 Å².